The van der Waals surface area contributed by atoms with E-state index in [0.29, 0.717) is 5.92 Å². The highest BCUT2D eigenvalue weighted by Gasteiger charge is 2.46. The summed E-state index contributed by atoms with van der Waals surface area (Å²) in [6.07, 6.45) is 4.82. The van der Waals surface area contributed by atoms with Gasteiger partial charge in [-0.3, -0.25) is 14.7 Å². The lowest BCUT2D eigenvalue weighted by atomic mass is 9.89. The number of fused-ring (bicyclic) bond motifs is 1. The van der Waals surface area contributed by atoms with Gasteiger partial charge in [0, 0.05) is 51.6 Å². The SMILES string of the molecule is CO[C@@H]1CCN(C(=O)c2cccs2)[C@H]2CN(Cc3ccncc3)C[C@@H]12. The van der Waals surface area contributed by atoms with E-state index in [2.05, 4.69) is 26.9 Å². The number of methoxy groups -OCH3 is 1. The molecule has 25 heavy (non-hydrogen) atoms. The summed E-state index contributed by atoms with van der Waals surface area (Å²) in [5.41, 5.74) is 1.26. The molecule has 5 nitrogen and oxygen atoms in total. The lowest BCUT2D eigenvalue weighted by Crippen LogP contribution is -2.53. The number of aromatic nitrogens is 1. The Morgan fingerprint density at radius 1 is 1.32 bits per heavy atom. The van der Waals surface area contributed by atoms with Crippen LogP contribution in [0, 0.1) is 5.92 Å². The average Bonchev–Trinajstić information content (AvgIpc) is 3.31. The fourth-order valence-electron chi connectivity index (χ4n) is 4.20. The Balaban J connectivity index is 1.52. The van der Waals surface area contributed by atoms with Gasteiger partial charge >= 0.3 is 0 Å². The molecule has 132 valence electrons. The number of ether oxygens (including phenoxy) is 1. The van der Waals surface area contributed by atoms with Gasteiger partial charge in [-0.05, 0) is 35.6 Å². The van der Waals surface area contributed by atoms with Crippen LogP contribution < -0.4 is 0 Å². The normalized spacial score (nSPS) is 26.6. The maximum absolute atomic E-state index is 12.9. The zero-order valence-electron chi connectivity index (χ0n) is 14.4. The van der Waals surface area contributed by atoms with E-state index >= 15 is 0 Å². The summed E-state index contributed by atoms with van der Waals surface area (Å²) in [6.45, 7) is 3.55. The van der Waals surface area contributed by atoms with E-state index in [1.54, 1.807) is 7.11 Å². The third-order valence-corrected chi connectivity index (χ3v) is 6.25. The molecular formula is C19H23N3O2S. The van der Waals surface area contributed by atoms with E-state index in [4.69, 9.17) is 4.74 Å². The Hall–Kier alpha value is -1.76. The van der Waals surface area contributed by atoms with Gasteiger partial charge in [0.05, 0.1) is 17.0 Å². The van der Waals surface area contributed by atoms with Gasteiger partial charge in [0.1, 0.15) is 0 Å². The zero-order valence-corrected chi connectivity index (χ0v) is 15.2. The standard InChI is InChI=1S/C19H23N3O2S/c1-24-17-6-9-22(19(23)18-3-2-10-25-18)16-13-21(12-15(16)17)11-14-4-7-20-8-5-14/h2-5,7-8,10,15-17H,6,9,11-13H2,1H3/t15-,16+,17-/m1/s1. The number of thiophene rings is 1. The van der Waals surface area contributed by atoms with E-state index < -0.39 is 0 Å². The highest BCUT2D eigenvalue weighted by Crippen LogP contribution is 2.34. The van der Waals surface area contributed by atoms with Crippen molar-refractivity contribution in [1.82, 2.24) is 14.8 Å². The van der Waals surface area contributed by atoms with E-state index in [-0.39, 0.29) is 18.1 Å². The average molecular weight is 357 g/mol. The Bertz CT molecular complexity index is 707. The number of pyridine rings is 1. The Morgan fingerprint density at radius 2 is 2.16 bits per heavy atom. The molecule has 1 amide bonds. The second-order valence-corrected chi connectivity index (χ2v) is 7.77. The van der Waals surface area contributed by atoms with Gasteiger partial charge in [-0.15, -0.1) is 11.3 Å². The summed E-state index contributed by atoms with van der Waals surface area (Å²) in [6, 6.07) is 8.22. The van der Waals surface area contributed by atoms with Crippen molar-refractivity contribution in [2.24, 2.45) is 5.92 Å². The highest BCUT2D eigenvalue weighted by molar-refractivity contribution is 7.12. The molecule has 0 N–H and O–H groups in total. The Morgan fingerprint density at radius 3 is 2.88 bits per heavy atom. The fraction of sp³-hybridized carbons (Fsp3) is 0.474. The zero-order chi connectivity index (χ0) is 17.2. The minimum absolute atomic E-state index is 0.172. The molecular weight excluding hydrogens is 334 g/mol. The fourth-order valence-corrected chi connectivity index (χ4v) is 4.88. The van der Waals surface area contributed by atoms with Crippen LogP contribution in [0.1, 0.15) is 21.7 Å². The molecule has 2 saturated heterocycles. The van der Waals surface area contributed by atoms with E-state index in [0.717, 1.165) is 37.5 Å². The largest absolute Gasteiger partial charge is 0.381 e. The molecule has 4 heterocycles. The number of rotatable bonds is 4. The van der Waals surface area contributed by atoms with Crippen LogP contribution in [0.25, 0.3) is 0 Å². The van der Waals surface area contributed by atoms with Gasteiger partial charge in [0.25, 0.3) is 5.91 Å². The van der Waals surface area contributed by atoms with Crippen LogP contribution in [-0.4, -0.2) is 59.6 Å². The molecule has 2 aliphatic rings. The lowest BCUT2D eigenvalue weighted by molar-refractivity contribution is -0.0155. The van der Waals surface area contributed by atoms with Gasteiger partial charge in [-0.1, -0.05) is 6.07 Å². The molecule has 0 spiro atoms. The number of likely N-dealkylation sites (tertiary alicyclic amines) is 2. The third-order valence-electron chi connectivity index (χ3n) is 5.39. The van der Waals surface area contributed by atoms with Crippen molar-refractivity contribution in [2.45, 2.75) is 25.1 Å². The number of hydrogen-bond acceptors (Lipinski definition) is 5. The molecule has 0 bridgehead atoms. The molecule has 0 radical (unpaired) electrons. The molecule has 0 saturated carbocycles. The topological polar surface area (TPSA) is 45.7 Å². The second-order valence-electron chi connectivity index (χ2n) is 6.82. The van der Waals surface area contributed by atoms with Gasteiger partial charge in [-0.25, -0.2) is 0 Å². The summed E-state index contributed by atoms with van der Waals surface area (Å²) in [5, 5.41) is 1.97. The minimum atomic E-state index is 0.172. The van der Waals surface area contributed by atoms with Crippen molar-refractivity contribution in [1.29, 1.82) is 0 Å². The summed E-state index contributed by atoms with van der Waals surface area (Å²) >= 11 is 1.53. The first-order valence-corrected chi connectivity index (χ1v) is 9.62. The maximum atomic E-state index is 12.9. The first-order valence-electron chi connectivity index (χ1n) is 8.75. The highest BCUT2D eigenvalue weighted by atomic mass is 32.1. The number of nitrogens with zero attached hydrogens (tertiary/aromatic N) is 3. The van der Waals surface area contributed by atoms with Crippen LogP contribution in [0.3, 0.4) is 0 Å². The molecule has 2 aromatic rings. The molecule has 3 atom stereocenters. The van der Waals surface area contributed by atoms with E-state index in [9.17, 15) is 4.79 Å². The predicted octanol–water partition coefficient (Wildman–Crippen LogP) is 2.50. The van der Waals surface area contributed by atoms with Crippen molar-refractivity contribution in [3.8, 4) is 0 Å². The minimum Gasteiger partial charge on any atom is -0.381 e. The quantitative estimate of drug-likeness (QED) is 0.843. The van der Waals surface area contributed by atoms with Crippen LogP contribution in [0.15, 0.2) is 42.0 Å². The van der Waals surface area contributed by atoms with Crippen molar-refractivity contribution in [3.63, 3.8) is 0 Å². The Labute approximate surface area is 152 Å². The number of carbonyl (C=O) groups excluding carboxylic acids is 1. The van der Waals surface area contributed by atoms with Crippen molar-refractivity contribution >= 4 is 17.2 Å². The molecule has 2 aromatic heterocycles. The van der Waals surface area contributed by atoms with Crippen LogP contribution in [0.4, 0.5) is 0 Å². The monoisotopic (exact) mass is 357 g/mol. The molecule has 0 aliphatic carbocycles. The molecule has 6 heteroatoms. The number of piperidine rings is 1. The lowest BCUT2D eigenvalue weighted by Gasteiger charge is -2.40. The van der Waals surface area contributed by atoms with Gasteiger partial charge in [0.2, 0.25) is 0 Å². The molecule has 2 fully saturated rings. The van der Waals surface area contributed by atoms with Crippen molar-refractivity contribution in [2.75, 3.05) is 26.7 Å². The van der Waals surface area contributed by atoms with Gasteiger partial charge < -0.3 is 9.64 Å². The summed E-state index contributed by atoms with van der Waals surface area (Å²) in [5.74, 6) is 0.551. The predicted molar refractivity (Wildman–Crippen MR) is 97.6 cm³/mol. The molecule has 2 aliphatic heterocycles. The number of carbonyl (C=O) groups is 1. The van der Waals surface area contributed by atoms with Crippen LogP contribution in [-0.2, 0) is 11.3 Å². The summed E-state index contributed by atoms with van der Waals surface area (Å²) in [7, 11) is 1.80. The second kappa shape index (κ2) is 7.23. The summed E-state index contributed by atoms with van der Waals surface area (Å²) in [4.78, 5) is 22.4. The van der Waals surface area contributed by atoms with E-state index in [1.165, 1.54) is 16.9 Å². The summed E-state index contributed by atoms with van der Waals surface area (Å²) < 4.78 is 5.75. The Kier molecular flexibility index (Phi) is 4.83. The first kappa shape index (κ1) is 16.7. The number of hydrogen-bond donors (Lipinski definition) is 0. The molecule has 0 aromatic carbocycles. The molecule has 0 unspecified atom stereocenters. The maximum Gasteiger partial charge on any atom is 0.264 e. The third kappa shape index (κ3) is 3.34. The van der Waals surface area contributed by atoms with Gasteiger partial charge in [-0.2, -0.15) is 0 Å². The first-order chi connectivity index (χ1) is 12.3. The van der Waals surface area contributed by atoms with Crippen molar-refractivity contribution in [3.05, 3.63) is 52.5 Å². The van der Waals surface area contributed by atoms with Crippen LogP contribution >= 0.6 is 11.3 Å². The molecule has 4 rings (SSSR count). The number of amides is 1. The van der Waals surface area contributed by atoms with Crippen molar-refractivity contribution < 1.29 is 9.53 Å². The van der Waals surface area contributed by atoms with Gasteiger partial charge in [0.15, 0.2) is 0 Å². The van der Waals surface area contributed by atoms with Crippen LogP contribution in [0.5, 0.6) is 0 Å². The van der Waals surface area contributed by atoms with Crippen LogP contribution in [0.2, 0.25) is 0 Å². The smallest absolute Gasteiger partial charge is 0.264 e. The van der Waals surface area contributed by atoms with E-state index in [1.807, 2.05) is 29.9 Å².